The van der Waals surface area contributed by atoms with Crippen LogP contribution in [0, 0.1) is 0 Å². The molecule has 2 rings (SSSR count). The largest absolute Gasteiger partial charge is 0.497 e. The molecule has 0 aromatic heterocycles. The third-order valence-corrected chi connectivity index (χ3v) is 2.90. The van der Waals surface area contributed by atoms with Crippen LogP contribution in [0.15, 0.2) is 53.7 Å². The van der Waals surface area contributed by atoms with Crippen LogP contribution in [-0.2, 0) is 17.6 Å². The van der Waals surface area contributed by atoms with E-state index < -0.39 is 11.7 Å². The van der Waals surface area contributed by atoms with Crippen molar-refractivity contribution >= 4 is 6.21 Å². The van der Waals surface area contributed by atoms with Gasteiger partial charge < -0.3 is 9.57 Å². The predicted octanol–water partition coefficient (Wildman–Crippen LogP) is 4.26. The molecule has 0 spiro atoms. The van der Waals surface area contributed by atoms with Crippen molar-refractivity contribution in [1.29, 1.82) is 0 Å². The second-order valence-corrected chi connectivity index (χ2v) is 4.44. The first-order chi connectivity index (χ1) is 10.5. The number of benzene rings is 2. The fraction of sp³-hybridized carbons (Fsp3) is 0.188. The summed E-state index contributed by atoms with van der Waals surface area (Å²) in [7, 11) is 1.55. The van der Waals surface area contributed by atoms with Crippen LogP contribution in [0.4, 0.5) is 13.2 Å². The summed E-state index contributed by atoms with van der Waals surface area (Å²) in [6.45, 7) is 0.141. The third-order valence-electron chi connectivity index (χ3n) is 2.90. The Kier molecular flexibility index (Phi) is 5.04. The topological polar surface area (TPSA) is 30.8 Å². The highest BCUT2D eigenvalue weighted by Gasteiger charge is 2.32. The Morgan fingerprint density at radius 2 is 1.86 bits per heavy atom. The number of nitrogens with zero attached hydrogens (tertiary/aromatic N) is 1. The van der Waals surface area contributed by atoms with Gasteiger partial charge in [0.15, 0.2) is 0 Å². The molecule has 3 nitrogen and oxygen atoms in total. The molecule has 0 N–H and O–H groups in total. The molecule has 0 aliphatic carbocycles. The molecule has 22 heavy (non-hydrogen) atoms. The van der Waals surface area contributed by atoms with E-state index in [1.165, 1.54) is 18.2 Å². The maximum Gasteiger partial charge on any atom is 0.417 e. The smallest absolute Gasteiger partial charge is 0.417 e. The van der Waals surface area contributed by atoms with E-state index in [4.69, 9.17) is 9.57 Å². The molecule has 0 saturated carbocycles. The summed E-state index contributed by atoms with van der Waals surface area (Å²) in [5, 5.41) is 3.60. The fourth-order valence-electron chi connectivity index (χ4n) is 1.84. The molecule has 0 atom stereocenters. The Bertz CT molecular complexity index is 654. The van der Waals surface area contributed by atoms with Crippen LogP contribution < -0.4 is 4.74 Å². The molecule has 0 bridgehead atoms. The normalized spacial score (nSPS) is 11.6. The number of methoxy groups -OCH3 is 1. The lowest BCUT2D eigenvalue weighted by Crippen LogP contribution is -2.08. The van der Waals surface area contributed by atoms with Crippen LogP contribution in [-0.4, -0.2) is 13.3 Å². The number of halogens is 3. The van der Waals surface area contributed by atoms with E-state index in [-0.39, 0.29) is 12.2 Å². The second-order valence-electron chi connectivity index (χ2n) is 4.44. The molecule has 116 valence electrons. The zero-order valence-corrected chi connectivity index (χ0v) is 11.8. The first kappa shape index (κ1) is 15.9. The lowest BCUT2D eigenvalue weighted by atomic mass is 10.1. The first-order valence-corrected chi connectivity index (χ1v) is 6.45. The Morgan fingerprint density at radius 3 is 2.59 bits per heavy atom. The molecule has 2 aromatic rings. The van der Waals surface area contributed by atoms with Crippen LogP contribution >= 0.6 is 0 Å². The van der Waals surface area contributed by atoms with Gasteiger partial charge in [-0.2, -0.15) is 13.2 Å². The average Bonchev–Trinajstić information content (AvgIpc) is 2.51. The summed E-state index contributed by atoms with van der Waals surface area (Å²) in [6.07, 6.45) is -3.36. The quantitative estimate of drug-likeness (QED) is 0.610. The van der Waals surface area contributed by atoms with Crippen LogP contribution in [0.25, 0.3) is 0 Å². The number of alkyl halides is 3. The SMILES string of the molecule is COc1cccc(CON=Cc2ccccc2C(F)(F)F)c1. The molecule has 0 radical (unpaired) electrons. The number of ether oxygens (including phenoxy) is 1. The summed E-state index contributed by atoms with van der Waals surface area (Å²) in [6, 6.07) is 12.3. The van der Waals surface area contributed by atoms with E-state index in [1.807, 2.05) is 6.07 Å². The molecule has 0 saturated heterocycles. The van der Waals surface area contributed by atoms with Gasteiger partial charge in [0, 0.05) is 5.56 Å². The molecular weight excluding hydrogens is 295 g/mol. The summed E-state index contributed by atoms with van der Waals surface area (Å²) >= 11 is 0. The molecule has 0 aliphatic heterocycles. The average molecular weight is 309 g/mol. The van der Waals surface area contributed by atoms with E-state index in [0.29, 0.717) is 5.75 Å². The van der Waals surface area contributed by atoms with Gasteiger partial charge in [0.2, 0.25) is 0 Å². The second kappa shape index (κ2) is 6.98. The van der Waals surface area contributed by atoms with Gasteiger partial charge >= 0.3 is 6.18 Å². The molecule has 0 fully saturated rings. The first-order valence-electron chi connectivity index (χ1n) is 6.45. The Balaban J connectivity index is 2.01. The molecule has 0 aliphatic rings. The van der Waals surface area contributed by atoms with Crippen LogP contribution in [0.3, 0.4) is 0 Å². The van der Waals surface area contributed by atoms with Crippen molar-refractivity contribution in [3.63, 3.8) is 0 Å². The molecule has 0 unspecified atom stereocenters. The van der Waals surface area contributed by atoms with Gasteiger partial charge in [0.25, 0.3) is 0 Å². The van der Waals surface area contributed by atoms with Crippen LogP contribution in [0.5, 0.6) is 5.75 Å². The van der Waals surface area contributed by atoms with Gasteiger partial charge in [0.05, 0.1) is 18.9 Å². The van der Waals surface area contributed by atoms with E-state index in [2.05, 4.69) is 5.16 Å². The zero-order chi connectivity index (χ0) is 16.0. The molecule has 2 aromatic carbocycles. The Labute approximate surface area is 126 Å². The van der Waals surface area contributed by atoms with Gasteiger partial charge in [-0.3, -0.25) is 0 Å². The summed E-state index contributed by atoms with van der Waals surface area (Å²) in [4.78, 5) is 5.04. The van der Waals surface area contributed by atoms with Crippen molar-refractivity contribution in [1.82, 2.24) is 0 Å². The van der Waals surface area contributed by atoms with Crippen LogP contribution in [0.1, 0.15) is 16.7 Å². The minimum atomic E-state index is -4.42. The van der Waals surface area contributed by atoms with E-state index in [1.54, 1.807) is 25.3 Å². The third kappa shape index (κ3) is 4.25. The monoisotopic (exact) mass is 309 g/mol. The van der Waals surface area contributed by atoms with Gasteiger partial charge in [-0.15, -0.1) is 0 Å². The van der Waals surface area contributed by atoms with Crippen molar-refractivity contribution in [2.45, 2.75) is 12.8 Å². The van der Waals surface area contributed by atoms with Crippen molar-refractivity contribution < 1.29 is 22.7 Å². The van der Waals surface area contributed by atoms with E-state index >= 15 is 0 Å². The lowest BCUT2D eigenvalue weighted by molar-refractivity contribution is -0.137. The summed E-state index contributed by atoms with van der Waals surface area (Å²) in [5.41, 5.74) is 0.0185. The van der Waals surface area contributed by atoms with Gasteiger partial charge in [-0.25, -0.2) is 0 Å². The molecule has 0 amide bonds. The number of rotatable bonds is 5. The van der Waals surface area contributed by atoms with E-state index in [9.17, 15) is 13.2 Å². The molecule has 6 heteroatoms. The summed E-state index contributed by atoms with van der Waals surface area (Å²) in [5.74, 6) is 0.674. The molecular formula is C16H14F3NO2. The van der Waals surface area contributed by atoms with Crippen molar-refractivity contribution in [3.8, 4) is 5.75 Å². The van der Waals surface area contributed by atoms with Crippen molar-refractivity contribution in [2.24, 2.45) is 5.16 Å². The fourth-order valence-corrected chi connectivity index (χ4v) is 1.84. The van der Waals surface area contributed by atoms with E-state index in [0.717, 1.165) is 17.8 Å². The molecule has 0 heterocycles. The number of hydrogen-bond acceptors (Lipinski definition) is 3. The standard InChI is InChI=1S/C16H14F3NO2/c1-21-14-7-4-5-12(9-14)11-22-20-10-13-6-2-3-8-15(13)16(17,18)19/h2-10H,11H2,1H3. The summed E-state index contributed by atoms with van der Waals surface area (Å²) < 4.78 is 43.4. The number of hydrogen-bond donors (Lipinski definition) is 0. The van der Waals surface area contributed by atoms with Gasteiger partial charge in [-0.1, -0.05) is 35.5 Å². The van der Waals surface area contributed by atoms with Crippen molar-refractivity contribution in [3.05, 3.63) is 65.2 Å². The van der Waals surface area contributed by atoms with Crippen LogP contribution in [0.2, 0.25) is 0 Å². The Hall–Kier alpha value is -2.50. The van der Waals surface area contributed by atoms with Gasteiger partial charge in [-0.05, 0) is 23.8 Å². The highest BCUT2D eigenvalue weighted by Crippen LogP contribution is 2.31. The minimum Gasteiger partial charge on any atom is -0.497 e. The highest BCUT2D eigenvalue weighted by molar-refractivity contribution is 5.81. The number of oxime groups is 1. The lowest BCUT2D eigenvalue weighted by Gasteiger charge is -2.09. The Morgan fingerprint density at radius 1 is 1.09 bits per heavy atom. The minimum absolute atomic E-state index is 0.0411. The maximum atomic E-state index is 12.8. The highest BCUT2D eigenvalue weighted by atomic mass is 19.4. The van der Waals surface area contributed by atoms with Crippen molar-refractivity contribution in [2.75, 3.05) is 7.11 Å². The zero-order valence-electron chi connectivity index (χ0n) is 11.8. The van der Waals surface area contributed by atoms with Gasteiger partial charge in [0.1, 0.15) is 12.4 Å². The predicted molar refractivity (Wildman–Crippen MR) is 76.8 cm³/mol. The maximum absolute atomic E-state index is 12.8.